The number of rotatable bonds is 1. The zero-order valence-corrected chi connectivity index (χ0v) is 9.36. The highest BCUT2D eigenvalue weighted by Gasteiger charge is 2.30. The molecule has 0 unspecified atom stereocenters. The fraction of sp³-hybridized carbons (Fsp3) is 0.545. The molecule has 2 heterocycles. The lowest BCUT2D eigenvalue weighted by atomic mass is 9.94. The van der Waals surface area contributed by atoms with Crippen molar-refractivity contribution in [3.8, 4) is 0 Å². The summed E-state index contributed by atoms with van der Waals surface area (Å²) in [6.45, 7) is 2.98. The minimum absolute atomic E-state index is 0.0489. The molecule has 2 rings (SSSR count). The summed E-state index contributed by atoms with van der Waals surface area (Å²) in [5.74, 6) is -0.0489. The number of nitrogens with zero attached hydrogens (tertiary/aromatic N) is 1. The molecule has 0 aromatic carbocycles. The van der Waals surface area contributed by atoms with Crippen molar-refractivity contribution >= 4 is 11.6 Å². The molecule has 0 atom stereocenters. The van der Waals surface area contributed by atoms with Gasteiger partial charge < -0.3 is 20.7 Å². The summed E-state index contributed by atoms with van der Waals surface area (Å²) in [4.78, 5) is 16.6. The maximum absolute atomic E-state index is 12.0. The third kappa shape index (κ3) is 2.19. The monoisotopic (exact) mass is 223 g/mol. The minimum atomic E-state index is -0.633. The number of anilines is 1. The van der Waals surface area contributed by atoms with Gasteiger partial charge in [-0.1, -0.05) is 0 Å². The van der Waals surface area contributed by atoms with Crippen LogP contribution in [0.5, 0.6) is 0 Å². The van der Waals surface area contributed by atoms with Gasteiger partial charge in [0.15, 0.2) is 0 Å². The second-order valence-electron chi connectivity index (χ2n) is 4.64. The van der Waals surface area contributed by atoms with Gasteiger partial charge in [0.05, 0.1) is 5.60 Å². The number of aromatic nitrogens is 1. The Balaban J connectivity index is 2.02. The first-order chi connectivity index (χ1) is 7.48. The Morgan fingerprint density at radius 3 is 2.69 bits per heavy atom. The molecule has 16 heavy (non-hydrogen) atoms. The van der Waals surface area contributed by atoms with Gasteiger partial charge in [-0.25, -0.2) is 0 Å². The van der Waals surface area contributed by atoms with E-state index in [2.05, 4.69) is 4.98 Å². The number of nitrogens with two attached hydrogens (primary N) is 1. The van der Waals surface area contributed by atoms with Gasteiger partial charge in [0, 0.05) is 25.0 Å². The molecule has 1 aromatic rings. The smallest absolute Gasteiger partial charge is 0.270 e. The number of carbonyl (C=O) groups excluding carboxylic acids is 1. The lowest BCUT2D eigenvalue weighted by Crippen LogP contribution is -2.45. The third-order valence-electron chi connectivity index (χ3n) is 3.06. The average Bonchev–Trinajstić information content (AvgIpc) is 2.64. The Hall–Kier alpha value is -1.49. The van der Waals surface area contributed by atoms with E-state index in [0.29, 0.717) is 37.3 Å². The number of piperidine rings is 1. The fourth-order valence-electron chi connectivity index (χ4n) is 1.90. The van der Waals surface area contributed by atoms with E-state index in [1.165, 1.54) is 0 Å². The summed E-state index contributed by atoms with van der Waals surface area (Å²) in [6, 6.07) is 1.63. The SMILES string of the molecule is CC1(O)CCN(C(=O)c2cc(N)c[nH]2)CC1. The highest BCUT2D eigenvalue weighted by molar-refractivity contribution is 5.93. The van der Waals surface area contributed by atoms with Crippen LogP contribution in [0.15, 0.2) is 12.3 Å². The molecule has 0 saturated carbocycles. The van der Waals surface area contributed by atoms with E-state index in [-0.39, 0.29) is 5.91 Å². The van der Waals surface area contributed by atoms with Crippen molar-refractivity contribution in [2.24, 2.45) is 0 Å². The molecule has 1 saturated heterocycles. The van der Waals surface area contributed by atoms with Crippen LogP contribution in [0, 0.1) is 0 Å². The standard InChI is InChI=1S/C11H17N3O2/c1-11(16)2-4-14(5-3-11)10(15)9-6-8(12)7-13-9/h6-7,13,16H,2-5,12H2,1H3. The van der Waals surface area contributed by atoms with E-state index in [9.17, 15) is 9.90 Å². The molecular weight excluding hydrogens is 206 g/mol. The van der Waals surface area contributed by atoms with Gasteiger partial charge in [-0.2, -0.15) is 0 Å². The number of hydrogen-bond donors (Lipinski definition) is 3. The summed E-state index contributed by atoms with van der Waals surface area (Å²) in [6.07, 6.45) is 2.84. The van der Waals surface area contributed by atoms with Gasteiger partial charge in [0.25, 0.3) is 5.91 Å². The van der Waals surface area contributed by atoms with E-state index >= 15 is 0 Å². The maximum Gasteiger partial charge on any atom is 0.270 e. The van der Waals surface area contributed by atoms with Gasteiger partial charge >= 0.3 is 0 Å². The average molecular weight is 223 g/mol. The van der Waals surface area contributed by atoms with Crippen LogP contribution < -0.4 is 5.73 Å². The number of carbonyl (C=O) groups is 1. The van der Waals surface area contributed by atoms with Crippen LogP contribution in [0.2, 0.25) is 0 Å². The lowest BCUT2D eigenvalue weighted by molar-refractivity contribution is -0.00217. The Bertz CT molecular complexity index is 388. The molecule has 1 aliphatic rings. The van der Waals surface area contributed by atoms with Gasteiger partial charge in [-0.3, -0.25) is 4.79 Å². The van der Waals surface area contributed by atoms with Crippen LogP contribution in [0.25, 0.3) is 0 Å². The summed E-state index contributed by atoms with van der Waals surface area (Å²) >= 11 is 0. The van der Waals surface area contributed by atoms with Crippen molar-refractivity contribution in [3.05, 3.63) is 18.0 Å². The van der Waals surface area contributed by atoms with Gasteiger partial charge in [0.1, 0.15) is 5.69 Å². The van der Waals surface area contributed by atoms with E-state index < -0.39 is 5.60 Å². The van der Waals surface area contributed by atoms with Gasteiger partial charge in [-0.05, 0) is 25.8 Å². The third-order valence-corrected chi connectivity index (χ3v) is 3.06. The van der Waals surface area contributed by atoms with Gasteiger partial charge in [-0.15, -0.1) is 0 Å². The number of nitrogen functional groups attached to an aromatic ring is 1. The Kier molecular flexibility index (Phi) is 2.63. The molecule has 0 spiro atoms. The van der Waals surface area contributed by atoms with E-state index in [1.807, 2.05) is 0 Å². The van der Waals surface area contributed by atoms with E-state index in [1.54, 1.807) is 24.1 Å². The van der Waals surface area contributed by atoms with Crippen molar-refractivity contribution in [1.82, 2.24) is 9.88 Å². The Labute approximate surface area is 94.2 Å². The van der Waals surface area contributed by atoms with Crippen LogP contribution in [0.4, 0.5) is 5.69 Å². The Morgan fingerprint density at radius 1 is 1.56 bits per heavy atom. The van der Waals surface area contributed by atoms with Crippen molar-refractivity contribution in [2.45, 2.75) is 25.4 Å². The zero-order valence-electron chi connectivity index (χ0n) is 9.36. The molecule has 0 aliphatic carbocycles. The molecule has 4 N–H and O–H groups in total. The quantitative estimate of drug-likeness (QED) is 0.651. The van der Waals surface area contributed by atoms with E-state index in [0.717, 1.165) is 0 Å². The molecule has 5 nitrogen and oxygen atoms in total. The summed E-state index contributed by atoms with van der Waals surface area (Å²) < 4.78 is 0. The molecule has 1 amide bonds. The van der Waals surface area contributed by atoms with Crippen LogP contribution in [-0.4, -0.2) is 39.6 Å². The highest BCUT2D eigenvalue weighted by Crippen LogP contribution is 2.22. The van der Waals surface area contributed by atoms with Crippen molar-refractivity contribution in [1.29, 1.82) is 0 Å². The normalized spacial score (nSPS) is 19.8. The molecule has 1 aromatic heterocycles. The van der Waals surface area contributed by atoms with Crippen LogP contribution in [0.3, 0.4) is 0 Å². The summed E-state index contributed by atoms with van der Waals surface area (Å²) in [5, 5.41) is 9.78. The van der Waals surface area contributed by atoms with Crippen LogP contribution in [0.1, 0.15) is 30.3 Å². The largest absolute Gasteiger partial charge is 0.397 e. The number of H-pyrrole nitrogens is 1. The topological polar surface area (TPSA) is 82.3 Å². The minimum Gasteiger partial charge on any atom is -0.397 e. The molecule has 1 fully saturated rings. The number of aliphatic hydroxyl groups is 1. The van der Waals surface area contributed by atoms with Gasteiger partial charge in [0.2, 0.25) is 0 Å². The second kappa shape index (κ2) is 3.83. The van der Waals surface area contributed by atoms with Crippen LogP contribution in [-0.2, 0) is 0 Å². The van der Waals surface area contributed by atoms with E-state index in [4.69, 9.17) is 5.73 Å². The number of hydrogen-bond acceptors (Lipinski definition) is 3. The molecular formula is C11H17N3O2. The molecule has 1 aliphatic heterocycles. The van der Waals surface area contributed by atoms with Crippen LogP contribution >= 0.6 is 0 Å². The Morgan fingerprint density at radius 2 is 2.19 bits per heavy atom. The predicted molar refractivity (Wildman–Crippen MR) is 61.0 cm³/mol. The summed E-state index contributed by atoms with van der Waals surface area (Å²) in [7, 11) is 0. The molecule has 5 heteroatoms. The highest BCUT2D eigenvalue weighted by atomic mass is 16.3. The number of amides is 1. The first-order valence-electron chi connectivity index (χ1n) is 5.43. The van der Waals surface area contributed by atoms with Crippen molar-refractivity contribution in [2.75, 3.05) is 18.8 Å². The van der Waals surface area contributed by atoms with Crippen molar-refractivity contribution < 1.29 is 9.90 Å². The summed E-state index contributed by atoms with van der Waals surface area (Å²) in [5.41, 5.74) is 5.99. The molecule has 0 bridgehead atoms. The van der Waals surface area contributed by atoms with Crippen molar-refractivity contribution in [3.63, 3.8) is 0 Å². The molecule has 0 radical (unpaired) electrons. The fourth-order valence-corrected chi connectivity index (χ4v) is 1.90. The molecule has 88 valence electrons. The number of nitrogens with one attached hydrogen (secondary N) is 1. The number of likely N-dealkylation sites (tertiary alicyclic amines) is 1. The first-order valence-corrected chi connectivity index (χ1v) is 5.43. The second-order valence-corrected chi connectivity index (χ2v) is 4.64. The maximum atomic E-state index is 12.0. The first kappa shape index (κ1) is 11.0. The number of aromatic amines is 1. The lowest BCUT2D eigenvalue weighted by Gasteiger charge is -2.35. The zero-order chi connectivity index (χ0) is 11.8. The predicted octanol–water partition coefficient (Wildman–Crippen LogP) is 0.584.